The summed E-state index contributed by atoms with van der Waals surface area (Å²) in [6.45, 7) is 19.4. The Kier molecular flexibility index (Phi) is 9.81. The molecule has 0 saturated carbocycles. The second kappa shape index (κ2) is 9.06. The minimum absolute atomic E-state index is 0.0109. The topological polar surface area (TPSA) is 0 Å². The van der Waals surface area contributed by atoms with E-state index in [9.17, 15) is 0 Å². The summed E-state index contributed by atoms with van der Waals surface area (Å²) < 4.78 is 0. The second-order valence-corrected chi connectivity index (χ2v) is 25.1. The number of unbranched alkanes of at least 4 members (excludes halogenated alkanes) is 2. The van der Waals surface area contributed by atoms with Gasteiger partial charge in [-0.25, -0.2) is 0 Å². The van der Waals surface area contributed by atoms with Crippen molar-refractivity contribution >= 4 is 35.9 Å². The maximum absolute atomic E-state index is 4.29. The highest BCUT2D eigenvalue weighted by Crippen LogP contribution is 2.81. The summed E-state index contributed by atoms with van der Waals surface area (Å²) in [5.41, 5.74) is 0. The van der Waals surface area contributed by atoms with Gasteiger partial charge in [0.2, 0.25) is 0 Å². The van der Waals surface area contributed by atoms with Crippen molar-refractivity contribution < 1.29 is 0 Å². The van der Waals surface area contributed by atoms with Gasteiger partial charge in [0, 0.05) is 0 Å². The van der Waals surface area contributed by atoms with Crippen LogP contribution in [-0.2, 0) is 0 Å². The van der Waals surface area contributed by atoms with Crippen molar-refractivity contribution in [2.75, 3.05) is 12.3 Å². The Morgan fingerprint density at radius 3 is 1.45 bits per heavy atom. The third-order valence-electron chi connectivity index (χ3n) is 3.23. The number of rotatable bonds is 7. The maximum atomic E-state index is 4.29. The van der Waals surface area contributed by atoms with Crippen LogP contribution in [0.2, 0.25) is 0 Å². The fourth-order valence-corrected chi connectivity index (χ4v) is 25.9. The van der Waals surface area contributed by atoms with Gasteiger partial charge in [0.1, 0.15) is 0 Å². The molecule has 4 heteroatoms. The van der Waals surface area contributed by atoms with E-state index < -0.39 is 5.25 Å². The van der Waals surface area contributed by atoms with Crippen LogP contribution in [-0.4, -0.2) is 22.6 Å². The van der Waals surface area contributed by atoms with Gasteiger partial charge in [-0.3, -0.25) is 0 Å². The second-order valence-electron chi connectivity index (χ2n) is 7.72. The molecule has 0 fully saturated rings. The quantitative estimate of drug-likeness (QED) is 0.374. The number of hydrogen-bond acceptors (Lipinski definition) is 0. The summed E-state index contributed by atoms with van der Waals surface area (Å²) in [6.07, 6.45) is 8.34. The monoisotopic (exact) mass is 400 g/mol. The molecule has 20 heavy (non-hydrogen) atoms. The molecular formula is C16H36BrP3. The number of hydrogen-bond donors (Lipinski definition) is 0. The molecule has 0 aromatic heterocycles. The molecule has 0 nitrogen and oxygen atoms in total. The SMILES string of the molecule is CCCCP(Br)(CCCC)=PP(C(C)(C)C)C(C)(C)C. The van der Waals surface area contributed by atoms with Gasteiger partial charge >= 0.3 is 0 Å². The predicted octanol–water partition coefficient (Wildman–Crippen LogP) is 8.77. The average molecular weight is 401 g/mol. The highest BCUT2D eigenvalue weighted by atomic mass is 79.9. The zero-order chi connectivity index (χ0) is 16.0. The van der Waals surface area contributed by atoms with Crippen molar-refractivity contribution in [2.45, 2.75) is 91.4 Å². The molecule has 0 rings (SSSR count). The summed E-state index contributed by atoms with van der Waals surface area (Å²) in [6, 6.07) is 0. The standard InChI is InChI=1S/C16H36BrP3/c1-9-11-13-20(17,14-12-10-2)18-19(15(3,4)5)16(6,7)8/h9-14H2,1-8H3. The Balaban J connectivity index is 5.46. The third kappa shape index (κ3) is 8.32. The molecule has 0 aromatic rings. The Hall–Kier alpha value is 1.64. The molecule has 0 atom stereocenters. The zero-order valence-corrected chi connectivity index (χ0v) is 19.2. The normalized spacial score (nSPS) is 14.3. The Bertz CT molecular complexity index is 298. The highest BCUT2D eigenvalue weighted by molar-refractivity contribution is 9.44. The van der Waals surface area contributed by atoms with Crippen LogP contribution in [0.4, 0.5) is 0 Å². The maximum Gasteiger partial charge on any atom is -0.00981 e. The minimum atomic E-state index is -0.938. The number of halogens is 1. The first-order valence-corrected chi connectivity index (χ1v) is 15.9. The van der Waals surface area contributed by atoms with Gasteiger partial charge in [0.05, 0.1) is 0 Å². The van der Waals surface area contributed by atoms with E-state index in [1.54, 1.807) is 7.56 Å². The molecule has 0 heterocycles. The van der Waals surface area contributed by atoms with Crippen molar-refractivity contribution in [3.8, 4) is 0 Å². The predicted molar refractivity (Wildman–Crippen MR) is 109 cm³/mol. The van der Waals surface area contributed by atoms with Crippen LogP contribution in [0.25, 0.3) is 0 Å². The summed E-state index contributed by atoms with van der Waals surface area (Å²) >= 11 is 4.29. The minimum Gasteiger partial charge on any atom is -0.0681 e. The summed E-state index contributed by atoms with van der Waals surface area (Å²) in [5, 5.41) is -0.0359. The van der Waals surface area contributed by atoms with Gasteiger partial charge in [-0.2, -0.15) is 0 Å². The van der Waals surface area contributed by atoms with E-state index in [2.05, 4.69) is 70.9 Å². The smallest absolute Gasteiger partial charge is 0.00981 e. The van der Waals surface area contributed by atoms with Gasteiger partial charge < -0.3 is 0 Å². The van der Waals surface area contributed by atoms with Crippen LogP contribution in [0, 0.1) is 0 Å². The molecule has 0 aromatic carbocycles. The summed E-state index contributed by atoms with van der Waals surface area (Å²) in [4.78, 5) is 0. The third-order valence-corrected chi connectivity index (χ3v) is 25.0. The molecule has 0 saturated heterocycles. The van der Waals surface area contributed by atoms with Gasteiger partial charge in [-0.1, -0.05) is 91.3 Å². The lowest BCUT2D eigenvalue weighted by Crippen LogP contribution is -2.21. The molecule has 0 N–H and O–H groups in total. The van der Waals surface area contributed by atoms with E-state index in [-0.39, 0.29) is 7.61 Å². The van der Waals surface area contributed by atoms with E-state index in [0.717, 1.165) is 0 Å². The van der Waals surface area contributed by atoms with Crippen LogP contribution in [0.1, 0.15) is 81.1 Å². The summed E-state index contributed by atoms with van der Waals surface area (Å²) in [7, 11) is 1.79. The first-order chi connectivity index (χ1) is 8.96. The lowest BCUT2D eigenvalue weighted by Gasteiger charge is -2.40. The van der Waals surface area contributed by atoms with Crippen molar-refractivity contribution in [3.63, 3.8) is 0 Å². The van der Waals surface area contributed by atoms with E-state index in [1.807, 2.05) is 0 Å². The van der Waals surface area contributed by atoms with Gasteiger partial charge in [0.25, 0.3) is 0 Å². The lowest BCUT2D eigenvalue weighted by molar-refractivity contribution is 0.720. The fourth-order valence-electron chi connectivity index (χ4n) is 2.44. The average Bonchev–Trinajstić information content (AvgIpc) is 2.28. The van der Waals surface area contributed by atoms with Crippen LogP contribution >= 0.6 is 35.9 Å². The zero-order valence-electron chi connectivity index (χ0n) is 15.0. The van der Waals surface area contributed by atoms with Crippen molar-refractivity contribution in [1.82, 2.24) is 0 Å². The lowest BCUT2D eigenvalue weighted by atomic mass is 10.2. The van der Waals surface area contributed by atoms with Gasteiger partial charge in [-0.15, -0.1) is 0 Å². The molecule has 0 aliphatic heterocycles. The largest absolute Gasteiger partial charge is 0.0681 e. The molecule has 0 spiro atoms. The Labute approximate surface area is 139 Å². The van der Waals surface area contributed by atoms with Crippen molar-refractivity contribution in [1.29, 1.82) is 0 Å². The molecule has 0 unspecified atom stereocenters. The molecule has 0 aliphatic rings. The first kappa shape index (κ1) is 21.6. The van der Waals surface area contributed by atoms with E-state index >= 15 is 0 Å². The van der Waals surface area contributed by atoms with Crippen LogP contribution in [0.15, 0.2) is 0 Å². The Morgan fingerprint density at radius 2 is 1.20 bits per heavy atom. The van der Waals surface area contributed by atoms with Crippen LogP contribution in [0.3, 0.4) is 0 Å². The fraction of sp³-hybridized carbons (Fsp3) is 1.00. The van der Waals surface area contributed by atoms with Gasteiger partial charge in [-0.05, 0) is 48.3 Å². The van der Waals surface area contributed by atoms with E-state index in [0.29, 0.717) is 10.3 Å². The molecule has 0 radical (unpaired) electrons. The van der Waals surface area contributed by atoms with Crippen LogP contribution < -0.4 is 0 Å². The van der Waals surface area contributed by atoms with E-state index in [1.165, 1.54) is 38.0 Å². The molecular weight excluding hydrogens is 365 g/mol. The highest BCUT2D eigenvalue weighted by Gasteiger charge is 2.35. The molecule has 0 amide bonds. The van der Waals surface area contributed by atoms with Gasteiger partial charge in [0.15, 0.2) is 0 Å². The van der Waals surface area contributed by atoms with Crippen molar-refractivity contribution in [3.05, 3.63) is 0 Å². The van der Waals surface area contributed by atoms with E-state index in [4.69, 9.17) is 0 Å². The molecule has 122 valence electrons. The molecule has 0 bridgehead atoms. The Morgan fingerprint density at radius 1 is 0.850 bits per heavy atom. The first-order valence-electron chi connectivity index (χ1n) is 8.06. The summed E-state index contributed by atoms with van der Waals surface area (Å²) in [5.74, 6) is 0. The molecule has 0 aliphatic carbocycles. The van der Waals surface area contributed by atoms with Crippen LogP contribution in [0.5, 0.6) is 0 Å². The van der Waals surface area contributed by atoms with Crippen molar-refractivity contribution in [2.24, 2.45) is 0 Å².